The Labute approximate surface area is 78.9 Å². The largest absolute Gasteiger partial charge is 0.122 e. The van der Waals surface area contributed by atoms with E-state index in [0.29, 0.717) is 0 Å². The van der Waals surface area contributed by atoms with Gasteiger partial charge in [-0.15, -0.1) is 18.2 Å². The Balaban J connectivity index is 2.46. The van der Waals surface area contributed by atoms with E-state index < -0.39 is 0 Å². The molecule has 0 radical (unpaired) electrons. The van der Waals surface area contributed by atoms with Gasteiger partial charge in [0.15, 0.2) is 0 Å². The van der Waals surface area contributed by atoms with E-state index in [1.807, 2.05) is 24.3 Å². The molecule has 64 valence electrons. The fourth-order valence-corrected chi connectivity index (χ4v) is 1.44. The highest BCUT2D eigenvalue weighted by molar-refractivity contribution is 6.20. The average Bonchev–Trinajstić information content (AvgIpc) is 2.06. The van der Waals surface area contributed by atoms with Gasteiger partial charge in [0.1, 0.15) is 0 Å². The molecule has 0 amide bonds. The molecule has 1 aromatic rings. The van der Waals surface area contributed by atoms with Gasteiger partial charge < -0.3 is 0 Å². The van der Waals surface area contributed by atoms with Crippen LogP contribution in [0.1, 0.15) is 12.0 Å². The summed E-state index contributed by atoms with van der Waals surface area (Å²) in [5.74, 6) is 0. The van der Waals surface area contributed by atoms with Crippen LogP contribution in [0.4, 0.5) is 0 Å². The second-order valence-electron chi connectivity index (χ2n) is 2.81. The van der Waals surface area contributed by atoms with Gasteiger partial charge in [-0.1, -0.05) is 36.4 Å². The molecule has 1 unspecified atom stereocenters. The minimum atomic E-state index is 0.185. The van der Waals surface area contributed by atoms with E-state index in [9.17, 15) is 0 Å². The second-order valence-corrected chi connectivity index (χ2v) is 3.43. The highest BCUT2D eigenvalue weighted by Crippen LogP contribution is 2.10. The molecule has 0 fully saturated rings. The van der Waals surface area contributed by atoms with E-state index in [1.54, 1.807) is 0 Å². The molecule has 0 saturated carbocycles. The van der Waals surface area contributed by atoms with Crippen molar-refractivity contribution in [2.75, 3.05) is 0 Å². The maximum atomic E-state index is 6.04. The standard InChI is InChI=1S/C11H13Cl/c1-2-6-11(12)9-10-7-4-3-5-8-10/h2-5,7-8,11H,1,6,9H2. The average molecular weight is 181 g/mol. The molecule has 0 heterocycles. The fraction of sp³-hybridized carbons (Fsp3) is 0.273. The predicted molar refractivity (Wildman–Crippen MR) is 54.6 cm³/mol. The van der Waals surface area contributed by atoms with Crippen LogP contribution in [-0.4, -0.2) is 5.38 Å². The van der Waals surface area contributed by atoms with Crippen LogP contribution in [-0.2, 0) is 6.42 Å². The molecule has 0 bridgehead atoms. The summed E-state index contributed by atoms with van der Waals surface area (Å²) in [5.41, 5.74) is 1.29. The number of alkyl halides is 1. The van der Waals surface area contributed by atoms with Crippen molar-refractivity contribution >= 4 is 11.6 Å². The Morgan fingerprint density at radius 3 is 2.58 bits per heavy atom. The lowest BCUT2D eigenvalue weighted by atomic mass is 10.1. The minimum Gasteiger partial charge on any atom is -0.122 e. The predicted octanol–water partition coefficient (Wildman–Crippen LogP) is 3.41. The summed E-state index contributed by atoms with van der Waals surface area (Å²) in [7, 11) is 0. The molecule has 0 saturated heterocycles. The molecule has 0 aromatic heterocycles. The summed E-state index contributed by atoms with van der Waals surface area (Å²) in [6.45, 7) is 3.66. The lowest BCUT2D eigenvalue weighted by molar-refractivity contribution is 0.854. The Morgan fingerprint density at radius 2 is 2.00 bits per heavy atom. The number of rotatable bonds is 4. The highest BCUT2D eigenvalue weighted by Gasteiger charge is 2.02. The van der Waals surface area contributed by atoms with E-state index in [1.165, 1.54) is 5.56 Å². The molecule has 1 rings (SSSR count). The summed E-state index contributed by atoms with van der Waals surface area (Å²) in [5, 5.41) is 0.185. The molecule has 0 spiro atoms. The lowest BCUT2D eigenvalue weighted by Gasteiger charge is -2.05. The fourth-order valence-electron chi connectivity index (χ4n) is 1.13. The summed E-state index contributed by atoms with van der Waals surface area (Å²) >= 11 is 6.04. The van der Waals surface area contributed by atoms with Gasteiger partial charge >= 0.3 is 0 Å². The van der Waals surface area contributed by atoms with E-state index in [0.717, 1.165) is 12.8 Å². The maximum Gasteiger partial charge on any atom is 0.0410 e. The molecule has 0 aliphatic carbocycles. The van der Waals surface area contributed by atoms with Gasteiger partial charge in [-0.2, -0.15) is 0 Å². The van der Waals surface area contributed by atoms with E-state index in [4.69, 9.17) is 11.6 Å². The van der Waals surface area contributed by atoms with Crippen LogP contribution in [0, 0.1) is 0 Å². The molecule has 1 aromatic carbocycles. The minimum absolute atomic E-state index is 0.185. The number of allylic oxidation sites excluding steroid dienone is 1. The number of hydrogen-bond acceptors (Lipinski definition) is 0. The van der Waals surface area contributed by atoms with Crippen molar-refractivity contribution in [1.82, 2.24) is 0 Å². The van der Waals surface area contributed by atoms with Crippen LogP contribution in [0.15, 0.2) is 43.0 Å². The van der Waals surface area contributed by atoms with Crippen molar-refractivity contribution in [2.45, 2.75) is 18.2 Å². The molecule has 0 N–H and O–H groups in total. The monoisotopic (exact) mass is 180 g/mol. The van der Waals surface area contributed by atoms with Crippen molar-refractivity contribution in [1.29, 1.82) is 0 Å². The van der Waals surface area contributed by atoms with Gasteiger partial charge in [-0.05, 0) is 18.4 Å². The topological polar surface area (TPSA) is 0 Å². The zero-order valence-electron chi connectivity index (χ0n) is 7.04. The molecule has 0 aliphatic rings. The molecular weight excluding hydrogens is 168 g/mol. The Hall–Kier alpha value is -0.750. The van der Waals surface area contributed by atoms with Crippen LogP contribution in [0.3, 0.4) is 0 Å². The second kappa shape index (κ2) is 5.00. The first-order valence-corrected chi connectivity index (χ1v) is 4.55. The molecule has 1 heteroatoms. The first kappa shape index (κ1) is 9.34. The van der Waals surface area contributed by atoms with Crippen molar-refractivity contribution in [3.63, 3.8) is 0 Å². The third-order valence-electron chi connectivity index (χ3n) is 1.72. The molecule has 0 aliphatic heterocycles. The number of benzene rings is 1. The first-order chi connectivity index (χ1) is 5.83. The zero-order chi connectivity index (χ0) is 8.81. The molecular formula is C11H13Cl. The Bertz CT molecular complexity index is 228. The SMILES string of the molecule is C=CCC(Cl)Cc1ccccc1. The third kappa shape index (κ3) is 3.10. The smallest absolute Gasteiger partial charge is 0.0410 e. The van der Waals surface area contributed by atoms with Gasteiger partial charge in [0.05, 0.1) is 0 Å². The summed E-state index contributed by atoms with van der Waals surface area (Å²) in [6, 6.07) is 10.3. The van der Waals surface area contributed by atoms with Crippen LogP contribution in [0.2, 0.25) is 0 Å². The summed E-state index contributed by atoms with van der Waals surface area (Å²) in [4.78, 5) is 0. The van der Waals surface area contributed by atoms with Gasteiger partial charge in [0, 0.05) is 5.38 Å². The van der Waals surface area contributed by atoms with Crippen LogP contribution in [0.25, 0.3) is 0 Å². The van der Waals surface area contributed by atoms with Crippen molar-refractivity contribution in [3.8, 4) is 0 Å². The summed E-state index contributed by atoms with van der Waals surface area (Å²) in [6.07, 6.45) is 3.66. The normalized spacial score (nSPS) is 12.4. The van der Waals surface area contributed by atoms with Gasteiger partial charge in [0.25, 0.3) is 0 Å². The molecule has 12 heavy (non-hydrogen) atoms. The maximum absolute atomic E-state index is 6.04. The Morgan fingerprint density at radius 1 is 1.33 bits per heavy atom. The van der Waals surface area contributed by atoms with Crippen molar-refractivity contribution < 1.29 is 0 Å². The number of hydrogen-bond donors (Lipinski definition) is 0. The van der Waals surface area contributed by atoms with Gasteiger partial charge in [0.2, 0.25) is 0 Å². The third-order valence-corrected chi connectivity index (χ3v) is 2.05. The zero-order valence-corrected chi connectivity index (χ0v) is 7.80. The first-order valence-electron chi connectivity index (χ1n) is 4.12. The van der Waals surface area contributed by atoms with Gasteiger partial charge in [-0.3, -0.25) is 0 Å². The van der Waals surface area contributed by atoms with Crippen molar-refractivity contribution in [2.24, 2.45) is 0 Å². The van der Waals surface area contributed by atoms with Crippen LogP contribution in [0.5, 0.6) is 0 Å². The van der Waals surface area contributed by atoms with Crippen molar-refractivity contribution in [3.05, 3.63) is 48.6 Å². The highest BCUT2D eigenvalue weighted by atomic mass is 35.5. The Kier molecular flexibility index (Phi) is 3.89. The van der Waals surface area contributed by atoms with Gasteiger partial charge in [-0.25, -0.2) is 0 Å². The van der Waals surface area contributed by atoms with E-state index in [2.05, 4.69) is 18.7 Å². The van der Waals surface area contributed by atoms with E-state index >= 15 is 0 Å². The molecule has 0 nitrogen and oxygen atoms in total. The number of halogens is 1. The van der Waals surface area contributed by atoms with Crippen LogP contribution < -0.4 is 0 Å². The van der Waals surface area contributed by atoms with Crippen LogP contribution >= 0.6 is 11.6 Å². The summed E-state index contributed by atoms with van der Waals surface area (Å²) < 4.78 is 0. The molecule has 1 atom stereocenters. The van der Waals surface area contributed by atoms with E-state index in [-0.39, 0.29) is 5.38 Å². The lowest BCUT2D eigenvalue weighted by Crippen LogP contribution is -2.00. The quantitative estimate of drug-likeness (QED) is 0.492.